The van der Waals surface area contributed by atoms with E-state index in [0.717, 1.165) is 19.0 Å². The van der Waals surface area contributed by atoms with Crippen LogP contribution < -0.4 is 5.73 Å². The fourth-order valence-electron chi connectivity index (χ4n) is 1.81. The van der Waals surface area contributed by atoms with Gasteiger partial charge in [0.1, 0.15) is 0 Å². The Morgan fingerprint density at radius 3 is 2.33 bits per heavy atom. The fraction of sp³-hybridized carbons (Fsp3) is 0.917. The number of nitrogens with one attached hydrogen (secondary N) is 1. The van der Waals surface area contributed by atoms with Gasteiger partial charge in [0.25, 0.3) is 0 Å². The third-order valence-electron chi connectivity index (χ3n) is 2.73. The maximum atomic E-state index is 7.24. The predicted molar refractivity (Wildman–Crippen MR) is 67.3 cm³/mol. The molecule has 0 saturated heterocycles. The molecule has 0 amide bonds. The molecule has 3 N–H and O–H groups in total. The highest BCUT2D eigenvalue weighted by Gasteiger charge is 2.12. The molecule has 0 aromatic rings. The normalized spacial score (nSPS) is 13.5. The number of amidine groups is 1. The minimum absolute atomic E-state index is 0.295. The molecule has 15 heavy (non-hydrogen) atoms. The van der Waals surface area contributed by atoms with Crippen LogP contribution in [0, 0.1) is 11.3 Å². The molecule has 0 bridgehead atoms. The Morgan fingerprint density at radius 2 is 1.93 bits per heavy atom. The molecule has 0 rings (SSSR count). The molecule has 0 radical (unpaired) electrons. The van der Waals surface area contributed by atoms with E-state index in [1.807, 2.05) is 0 Å². The minimum Gasteiger partial charge on any atom is -0.388 e. The van der Waals surface area contributed by atoms with E-state index in [2.05, 4.69) is 32.6 Å². The van der Waals surface area contributed by atoms with Gasteiger partial charge in [-0.2, -0.15) is 0 Å². The molecule has 0 fully saturated rings. The maximum absolute atomic E-state index is 7.24. The molecule has 0 aliphatic carbocycles. The summed E-state index contributed by atoms with van der Waals surface area (Å²) in [5.74, 6) is 1.04. The van der Waals surface area contributed by atoms with Gasteiger partial charge in [0.05, 0.1) is 5.84 Å². The number of nitrogens with zero attached hydrogens (tertiary/aromatic N) is 1. The molecule has 0 spiro atoms. The predicted octanol–water partition coefficient (Wildman–Crippen LogP) is 2.46. The van der Waals surface area contributed by atoms with Gasteiger partial charge in [-0.1, -0.05) is 20.3 Å². The summed E-state index contributed by atoms with van der Waals surface area (Å²) in [4.78, 5) is 2.42. The van der Waals surface area contributed by atoms with Crippen molar-refractivity contribution in [2.45, 2.75) is 53.0 Å². The summed E-state index contributed by atoms with van der Waals surface area (Å²) in [6.45, 7) is 11.0. The van der Waals surface area contributed by atoms with E-state index in [1.54, 1.807) is 0 Å². The van der Waals surface area contributed by atoms with Crippen LogP contribution in [0.2, 0.25) is 0 Å². The standard InChI is InChI=1S/C12H27N3/c1-5-6-11(4)9-15(10(2)3)8-7-12(13)14/h10-11H,5-9H2,1-4H3,(H3,13,14). The summed E-state index contributed by atoms with van der Waals surface area (Å²) in [5.41, 5.74) is 5.39. The fourth-order valence-corrected chi connectivity index (χ4v) is 1.81. The van der Waals surface area contributed by atoms with Crippen molar-refractivity contribution >= 4 is 5.84 Å². The molecular formula is C12H27N3. The van der Waals surface area contributed by atoms with Gasteiger partial charge < -0.3 is 10.6 Å². The van der Waals surface area contributed by atoms with Gasteiger partial charge in [0.15, 0.2) is 0 Å². The Balaban J connectivity index is 3.98. The lowest BCUT2D eigenvalue weighted by Crippen LogP contribution is -2.37. The van der Waals surface area contributed by atoms with Crippen LogP contribution in [0.3, 0.4) is 0 Å². The third-order valence-corrected chi connectivity index (χ3v) is 2.73. The lowest BCUT2D eigenvalue weighted by atomic mass is 10.0. The molecule has 0 aliphatic rings. The first-order chi connectivity index (χ1) is 6.97. The zero-order valence-corrected chi connectivity index (χ0v) is 10.7. The van der Waals surface area contributed by atoms with Gasteiger partial charge in [-0.15, -0.1) is 0 Å². The summed E-state index contributed by atoms with van der Waals surface area (Å²) < 4.78 is 0. The van der Waals surface area contributed by atoms with Crippen molar-refractivity contribution < 1.29 is 0 Å². The molecule has 1 unspecified atom stereocenters. The van der Waals surface area contributed by atoms with Crippen LogP contribution in [0.4, 0.5) is 0 Å². The Kier molecular flexibility index (Phi) is 7.39. The molecule has 0 saturated carbocycles. The van der Waals surface area contributed by atoms with Gasteiger partial charge in [-0.25, -0.2) is 0 Å². The molecule has 90 valence electrons. The monoisotopic (exact) mass is 213 g/mol. The van der Waals surface area contributed by atoms with Gasteiger partial charge >= 0.3 is 0 Å². The first-order valence-electron chi connectivity index (χ1n) is 6.04. The van der Waals surface area contributed by atoms with Crippen molar-refractivity contribution in [2.24, 2.45) is 11.7 Å². The van der Waals surface area contributed by atoms with E-state index in [0.29, 0.717) is 18.3 Å². The van der Waals surface area contributed by atoms with Crippen LogP contribution in [-0.2, 0) is 0 Å². The quantitative estimate of drug-likeness (QED) is 0.481. The van der Waals surface area contributed by atoms with Gasteiger partial charge in [0.2, 0.25) is 0 Å². The SMILES string of the molecule is CCCC(C)CN(CCC(=N)N)C(C)C. The Bertz CT molecular complexity index is 178. The number of hydrogen-bond donors (Lipinski definition) is 2. The lowest BCUT2D eigenvalue weighted by Gasteiger charge is -2.29. The summed E-state index contributed by atoms with van der Waals surface area (Å²) in [6.07, 6.45) is 3.22. The number of hydrogen-bond acceptors (Lipinski definition) is 2. The van der Waals surface area contributed by atoms with Gasteiger partial charge in [-0.3, -0.25) is 5.41 Å². The molecular weight excluding hydrogens is 186 g/mol. The van der Waals surface area contributed by atoms with Crippen LogP contribution in [0.5, 0.6) is 0 Å². The largest absolute Gasteiger partial charge is 0.388 e. The zero-order valence-electron chi connectivity index (χ0n) is 10.7. The van der Waals surface area contributed by atoms with E-state index < -0.39 is 0 Å². The zero-order chi connectivity index (χ0) is 11.8. The highest BCUT2D eigenvalue weighted by Crippen LogP contribution is 2.10. The van der Waals surface area contributed by atoms with Crippen LogP contribution >= 0.6 is 0 Å². The number of nitrogens with two attached hydrogens (primary N) is 1. The van der Waals surface area contributed by atoms with Crippen molar-refractivity contribution in [3.8, 4) is 0 Å². The molecule has 1 atom stereocenters. The maximum Gasteiger partial charge on any atom is 0.0918 e. The van der Waals surface area contributed by atoms with E-state index in [-0.39, 0.29) is 0 Å². The summed E-state index contributed by atoms with van der Waals surface area (Å²) in [5, 5.41) is 7.24. The second-order valence-corrected chi connectivity index (χ2v) is 4.76. The van der Waals surface area contributed by atoms with Crippen LogP contribution in [0.15, 0.2) is 0 Å². The van der Waals surface area contributed by atoms with Crippen LogP contribution in [-0.4, -0.2) is 29.9 Å². The van der Waals surface area contributed by atoms with Crippen molar-refractivity contribution in [2.75, 3.05) is 13.1 Å². The highest BCUT2D eigenvalue weighted by atomic mass is 15.1. The first kappa shape index (κ1) is 14.4. The summed E-state index contributed by atoms with van der Waals surface area (Å²) in [6, 6.07) is 0.545. The summed E-state index contributed by atoms with van der Waals surface area (Å²) >= 11 is 0. The van der Waals surface area contributed by atoms with E-state index in [4.69, 9.17) is 11.1 Å². The van der Waals surface area contributed by atoms with E-state index in [9.17, 15) is 0 Å². The molecule has 0 aliphatic heterocycles. The topological polar surface area (TPSA) is 53.1 Å². The van der Waals surface area contributed by atoms with Crippen molar-refractivity contribution in [3.05, 3.63) is 0 Å². The van der Waals surface area contributed by atoms with Crippen molar-refractivity contribution in [3.63, 3.8) is 0 Å². The smallest absolute Gasteiger partial charge is 0.0918 e. The molecule has 0 heterocycles. The molecule has 0 aromatic carbocycles. The van der Waals surface area contributed by atoms with Gasteiger partial charge in [-0.05, 0) is 26.2 Å². The molecule has 0 aromatic heterocycles. The average molecular weight is 213 g/mol. The molecule has 3 nitrogen and oxygen atoms in total. The second kappa shape index (κ2) is 7.69. The number of rotatable bonds is 8. The first-order valence-corrected chi connectivity index (χ1v) is 6.04. The van der Waals surface area contributed by atoms with E-state index >= 15 is 0 Å². The average Bonchev–Trinajstić information content (AvgIpc) is 2.11. The van der Waals surface area contributed by atoms with Crippen molar-refractivity contribution in [1.82, 2.24) is 4.90 Å². The Morgan fingerprint density at radius 1 is 1.33 bits per heavy atom. The van der Waals surface area contributed by atoms with Crippen LogP contribution in [0.25, 0.3) is 0 Å². The Labute approximate surface area is 94.5 Å². The summed E-state index contributed by atoms with van der Waals surface area (Å²) in [7, 11) is 0. The third kappa shape index (κ3) is 7.37. The second-order valence-electron chi connectivity index (χ2n) is 4.76. The van der Waals surface area contributed by atoms with E-state index in [1.165, 1.54) is 12.8 Å². The van der Waals surface area contributed by atoms with Crippen LogP contribution in [0.1, 0.15) is 47.0 Å². The highest BCUT2D eigenvalue weighted by molar-refractivity contribution is 5.76. The molecule has 3 heteroatoms. The minimum atomic E-state index is 0.295. The lowest BCUT2D eigenvalue weighted by molar-refractivity contribution is 0.193. The van der Waals surface area contributed by atoms with Crippen molar-refractivity contribution in [1.29, 1.82) is 5.41 Å². The van der Waals surface area contributed by atoms with Gasteiger partial charge in [0, 0.05) is 25.6 Å². The Hall–Kier alpha value is -0.570.